The predicted molar refractivity (Wildman–Crippen MR) is 120 cm³/mol. The molecule has 0 aliphatic rings. The Morgan fingerprint density at radius 1 is 1.16 bits per heavy atom. The molecule has 4 rings (SSSR count). The molecular weight excluding hydrogens is 436 g/mol. The number of fused-ring (bicyclic) bond motifs is 1. The fourth-order valence-electron chi connectivity index (χ4n) is 3.03. The van der Waals surface area contributed by atoms with Crippen LogP contribution in [0, 0.1) is 0 Å². The Morgan fingerprint density at radius 3 is 2.74 bits per heavy atom. The fraction of sp³-hybridized carbons (Fsp3) is 0.190. The number of carbonyl (C=O) groups excluding carboxylic acids is 2. The molecule has 1 aromatic carbocycles. The first-order valence-corrected chi connectivity index (χ1v) is 11.2. The van der Waals surface area contributed by atoms with Gasteiger partial charge in [0.2, 0.25) is 5.91 Å². The Kier molecular flexibility index (Phi) is 6.19. The molecule has 4 aromatic rings. The first-order chi connectivity index (χ1) is 15.0. The van der Waals surface area contributed by atoms with Crippen LogP contribution in [-0.2, 0) is 27.3 Å². The number of esters is 1. The van der Waals surface area contributed by atoms with Gasteiger partial charge in [-0.25, -0.2) is 9.97 Å². The lowest BCUT2D eigenvalue weighted by atomic mass is 10.1. The third kappa shape index (κ3) is 4.70. The smallest absolute Gasteiger partial charge is 0.311 e. The monoisotopic (exact) mass is 454 g/mol. The average Bonchev–Trinajstić information content (AvgIpc) is 3.38. The van der Waals surface area contributed by atoms with Crippen LogP contribution in [0.3, 0.4) is 0 Å². The zero-order chi connectivity index (χ0) is 21.8. The Labute approximate surface area is 185 Å². The molecule has 1 N–H and O–H groups in total. The molecular formula is C21H18N4O4S2. The molecule has 10 heteroatoms. The van der Waals surface area contributed by atoms with Crippen LogP contribution in [0.15, 0.2) is 52.2 Å². The molecule has 0 aliphatic carbocycles. The molecule has 8 nitrogen and oxygen atoms in total. The van der Waals surface area contributed by atoms with E-state index in [1.807, 2.05) is 35.7 Å². The van der Waals surface area contributed by atoms with Crippen LogP contribution in [0.1, 0.15) is 12.6 Å². The molecule has 0 fully saturated rings. The quantitative estimate of drug-likeness (QED) is 0.430. The summed E-state index contributed by atoms with van der Waals surface area (Å²) in [5.74, 6) is -0.779. The lowest BCUT2D eigenvalue weighted by molar-refractivity contribution is -0.142. The van der Waals surface area contributed by atoms with Crippen molar-refractivity contribution in [3.8, 4) is 11.1 Å². The molecule has 0 bridgehead atoms. The summed E-state index contributed by atoms with van der Waals surface area (Å²) >= 11 is 2.60. The topological polar surface area (TPSA) is 103 Å². The number of nitrogens with one attached hydrogen (secondary N) is 1. The van der Waals surface area contributed by atoms with Crippen molar-refractivity contribution in [2.45, 2.75) is 19.9 Å². The second-order valence-corrected chi connectivity index (χ2v) is 8.26. The van der Waals surface area contributed by atoms with E-state index >= 15 is 0 Å². The standard InChI is InChI=1S/C21H18N4O4S2/c1-2-29-17(27)8-14-10-31-21(23-14)24-16(26)9-25-12-22-19-18(20(25)28)15(11-30-19)13-6-4-3-5-7-13/h3-7,10-12H,2,8-9H2,1H3,(H,23,24,26). The van der Waals surface area contributed by atoms with Gasteiger partial charge in [-0.2, -0.15) is 0 Å². The summed E-state index contributed by atoms with van der Waals surface area (Å²) in [6.45, 7) is 1.84. The molecule has 0 atom stereocenters. The highest BCUT2D eigenvalue weighted by Crippen LogP contribution is 2.30. The van der Waals surface area contributed by atoms with Gasteiger partial charge in [0.05, 0.1) is 30.4 Å². The van der Waals surface area contributed by atoms with E-state index in [0.29, 0.717) is 27.6 Å². The zero-order valence-electron chi connectivity index (χ0n) is 16.5. The number of aromatic nitrogens is 3. The van der Waals surface area contributed by atoms with Gasteiger partial charge < -0.3 is 10.1 Å². The third-order valence-electron chi connectivity index (χ3n) is 4.39. The lowest BCUT2D eigenvalue weighted by Gasteiger charge is -2.06. The maximum absolute atomic E-state index is 13.0. The average molecular weight is 455 g/mol. The van der Waals surface area contributed by atoms with Crippen molar-refractivity contribution in [2.75, 3.05) is 11.9 Å². The van der Waals surface area contributed by atoms with E-state index in [4.69, 9.17) is 4.74 Å². The van der Waals surface area contributed by atoms with Crippen LogP contribution in [0.4, 0.5) is 5.13 Å². The van der Waals surface area contributed by atoms with Crippen molar-refractivity contribution >= 4 is 49.9 Å². The lowest BCUT2D eigenvalue weighted by Crippen LogP contribution is -2.27. The summed E-state index contributed by atoms with van der Waals surface area (Å²) in [5.41, 5.74) is 1.97. The Morgan fingerprint density at radius 2 is 1.97 bits per heavy atom. The highest BCUT2D eigenvalue weighted by molar-refractivity contribution is 7.17. The van der Waals surface area contributed by atoms with E-state index in [-0.39, 0.29) is 24.5 Å². The largest absolute Gasteiger partial charge is 0.466 e. The van der Waals surface area contributed by atoms with Crippen LogP contribution in [0.2, 0.25) is 0 Å². The van der Waals surface area contributed by atoms with Crippen LogP contribution < -0.4 is 10.9 Å². The maximum Gasteiger partial charge on any atom is 0.311 e. The highest BCUT2D eigenvalue weighted by atomic mass is 32.1. The molecule has 3 aromatic heterocycles. The van der Waals surface area contributed by atoms with E-state index in [2.05, 4.69) is 15.3 Å². The first kappa shape index (κ1) is 20.9. The Balaban J connectivity index is 1.51. The molecule has 31 heavy (non-hydrogen) atoms. The Hall–Kier alpha value is -3.37. The number of carbonyl (C=O) groups is 2. The van der Waals surface area contributed by atoms with Crippen LogP contribution in [-0.4, -0.2) is 33.0 Å². The summed E-state index contributed by atoms with van der Waals surface area (Å²) < 4.78 is 6.17. The molecule has 158 valence electrons. The maximum atomic E-state index is 13.0. The van der Waals surface area contributed by atoms with E-state index in [0.717, 1.165) is 11.1 Å². The highest BCUT2D eigenvalue weighted by Gasteiger charge is 2.16. The molecule has 0 spiro atoms. The molecule has 0 unspecified atom stereocenters. The summed E-state index contributed by atoms with van der Waals surface area (Å²) in [4.78, 5) is 46.3. The Bertz CT molecular complexity index is 1290. The second-order valence-electron chi connectivity index (χ2n) is 6.55. The number of benzene rings is 1. The van der Waals surface area contributed by atoms with Gasteiger partial charge in [-0.3, -0.25) is 19.0 Å². The van der Waals surface area contributed by atoms with Gasteiger partial charge in [0.15, 0.2) is 5.13 Å². The minimum atomic E-state index is -0.406. The van der Waals surface area contributed by atoms with E-state index in [9.17, 15) is 14.4 Å². The van der Waals surface area contributed by atoms with Crippen LogP contribution >= 0.6 is 22.7 Å². The van der Waals surface area contributed by atoms with Crippen molar-refractivity contribution in [2.24, 2.45) is 0 Å². The number of thiophene rings is 1. The number of hydrogen-bond donors (Lipinski definition) is 1. The van der Waals surface area contributed by atoms with Gasteiger partial charge in [-0.1, -0.05) is 30.3 Å². The summed E-state index contributed by atoms with van der Waals surface area (Å²) in [6.07, 6.45) is 1.42. The number of thiazole rings is 1. The van der Waals surface area contributed by atoms with Gasteiger partial charge in [-0.15, -0.1) is 22.7 Å². The van der Waals surface area contributed by atoms with Gasteiger partial charge in [0, 0.05) is 16.3 Å². The summed E-state index contributed by atoms with van der Waals surface area (Å²) in [6, 6.07) is 9.59. The number of amides is 1. The van der Waals surface area contributed by atoms with Crippen LogP contribution in [0.25, 0.3) is 21.3 Å². The van der Waals surface area contributed by atoms with E-state index in [1.165, 1.54) is 33.6 Å². The first-order valence-electron chi connectivity index (χ1n) is 9.47. The number of anilines is 1. The van der Waals surface area contributed by atoms with Crippen molar-refractivity contribution in [3.05, 3.63) is 63.5 Å². The minimum absolute atomic E-state index is 0.0423. The van der Waals surface area contributed by atoms with Gasteiger partial charge in [-0.05, 0) is 12.5 Å². The fourth-order valence-corrected chi connectivity index (χ4v) is 4.66. The van der Waals surface area contributed by atoms with E-state index in [1.54, 1.807) is 12.3 Å². The summed E-state index contributed by atoms with van der Waals surface area (Å²) in [5, 5.41) is 7.10. The molecule has 1 amide bonds. The number of rotatable bonds is 7. The van der Waals surface area contributed by atoms with Crippen molar-refractivity contribution < 1.29 is 14.3 Å². The SMILES string of the molecule is CCOC(=O)Cc1csc(NC(=O)Cn2cnc3scc(-c4ccccc4)c3c2=O)n1. The van der Waals surface area contributed by atoms with Gasteiger partial charge in [0.25, 0.3) is 5.56 Å². The van der Waals surface area contributed by atoms with Gasteiger partial charge in [0.1, 0.15) is 11.4 Å². The zero-order valence-corrected chi connectivity index (χ0v) is 18.2. The number of ether oxygens (including phenoxy) is 1. The minimum Gasteiger partial charge on any atom is -0.466 e. The molecule has 3 heterocycles. The van der Waals surface area contributed by atoms with Crippen molar-refractivity contribution in [1.82, 2.24) is 14.5 Å². The number of hydrogen-bond acceptors (Lipinski definition) is 8. The van der Waals surface area contributed by atoms with E-state index < -0.39 is 5.91 Å². The molecule has 0 aliphatic heterocycles. The third-order valence-corrected chi connectivity index (χ3v) is 6.08. The predicted octanol–water partition coefficient (Wildman–Crippen LogP) is 3.33. The molecule has 0 saturated heterocycles. The van der Waals surface area contributed by atoms with Crippen LogP contribution in [0.5, 0.6) is 0 Å². The van der Waals surface area contributed by atoms with Crippen molar-refractivity contribution in [1.29, 1.82) is 0 Å². The van der Waals surface area contributed by atoms with Crippen molar-refractivity contribution in [3.63, 3.8) is 0 Å². The second kappa shape index (κ2) is 9.19. The number of nitrogens with zero attached hydrogens (tertiary/aromatic N) is 3. The molecule has 0 saturated carbocycles. The van der Waals surface area contributed by atoms with Gasteiger partial charge >= 0.3 is 5.97 Å². The summed E-state index contributed by atoms with van der Waals surface area (Å²) in [7, 11) is 0. The normalized spacial score (nSPS) is 10.9. The molecule has 0 radical (unpaired) electrons.